The Labute approximate surface area is 144 Å². The molecule has 1 N–H and O–H groups in total. The number of nitrogens with one attached hydrogen (secondary N) is 1. The Bertz CT molecular complexity index is 458. The number of rotatable bonds is 6. The van der Waals surface area contributed by atoms with Crippen molar-refractivity contribution < 1.29 is 23.9 Å². The van der Waals surface area contributed by atoms with Gasteiger partial charge in [-0.15, -0.1) is 0 Å². The van der Waals surface area contributed by atoms with E-state index in [2.05, 4.69) is 5.32 Å². The molecule has 0 bridgehead atoms. The highest BCUT2D eigenvalue weighted by Crippen LogP contribution is 2.20. The molecule has 138 valence electrons. The Hall–Kier alpha value is -1.79. The molecule has 1 heterocycles. The van der Waals surface area contributed by atoms with Gasteiger partial charge in [0.15, 0.2) is 0 Å². The van der Waals surface area contributed by atoms with Crippen molar-refractivity contribution in [2.45, 2.75) is 78.0 Å². The first-order valence-electron chi connectivity index (χ1n) is 8.62. The molecule has 0 aromatic rings. The largest absolute Gasteiger partial charge is 0.464 e. The first-order valence-corrected chi connectivity index (χ1v) is 8.62. The number of esters is 1. The van der Waals surface area contributed by atoms with Gasteiger partial charge in [0.25, 0.3) is 0 Å². The molecular weight excluding hydrogens is 312 g/mol. The van der Waals surface area contributed by atoms with Gasteiger partial charge in [-0.1, -0.05) is 13.3 Å². The molecule has 1 aliphatic rings. The number of nitrogens with zero attached hydrogens (tertiary/aromatic N) is 1. The predicted molar refractivity (Wildman–Crippen MR) is 89.4 cm³/mol. The Balaban J connectivity index is 2.58. The third-order valence-corrected chi connectivity index (χ3v) is 3.65. The van der Waals surface area contributed by atoms with Crippen LogP contribution in [0, 0.1) is 0 Å². The van der Waals surface area contributed by atoms with Crippen molar-refractivity contribution in [2.24, 2.45) is 0 Å². The topological polar surface area (TPSA) is 84.9 Å². The van der Waals surface area contributed by atoms with E-state index in [1.54, 1.807) is 27.7 Å². The second kappa shape index (κ2) is 8.89. The Morgan fingerprint density at radius 3 is 2.54 bits per heavy atom. The molecule has 0 spiro atoms. The molecule has 7 nitrogen and oxygen atoms in total. The first kappa shape index (κ1) is 20.3. The molecule has 2 amide bonds. The standard InChI is InChI=1S/C17H30N2O5/c1-6-7-11-23-15(21)13-9-8-10-19(13)14(20)12(2)18-16(22)24-17(3,4)5/h12-13H,6-11H2,1-5H3,(H,18,22)/t12-,13+/m1/s1. The maximum Gasteiger partial charge on any atom is 0.408 e. The fourth-order valence-electron chi connectivity index (χ4n) is 2.48. The molecule has 7 heteroatoms. The van der Waals surface area contributed by atoms with E-state index in [1.165, 1.54) is 4.90 Å². The van der Waals surface area contributed by atoms with E-state index in [1.807, 2.05) is 6.92 Å². The van der Waals surface area contributed by atoms with E-state index in [4.69, 9.17) is 9.47 Å². The van der Waals surface area contributed by atoms with Crippen LogP contribution in [0.5, 0.6) is 0 Å². The molecule has 0 aliphatic carbocycles. The maximum atomic E-state index is 12.5. The van der Waals surface area contributed by atoms with Gasteiger partial charge in [0.1, 0.15) is 17.7 Å². The van der Waals surface area contributed by atoms with Crippen molar-refractivity contribution in [3.8, 4) is 0 Å². The van der Waals surface area contributed by atoms with Crippen LogP contribution < -0.4 is 5.32 Å². The average Bonchev–Trinajstić information content (AvgIpc) is 2.93. The zero-order valence-corrected chi connectivity index (χ0v) is 15.4. The molecule has 0 aromatic carbocycles. The Morgan fingerprint density at radius 2 is 1.96 bits per heavy atom. The van der Waals surface area contributed by atoms with E-state index < -0.39 is 23.8 Å². The van der Waals surface area contributed by atoms with Gasteiger partial charge in [-0.3, -0.25) is 4.79 Å². The summed E-state index contributed by atoms with van der Waals surface area (Å²) in [6.07, 6.45) is 2.44. The average molecular weight is 342 g/mol. The van der Waals surface area contributed by atoms with Crippen LogP contribution in [-0.4, -0.2) is 53.7 Å². The smallest absolute Gasteiger partial charge is 0.408 e. The number of hydrogen-bond donors (Lipinski definition) is 1. The summed E-state index contributed by atoms with van der Waals surface area (Å²) in [5.74, 6) is -0.658. The highest BCUT2D eigenvalue weighted by Gasteiger charge is 2.37. The van der Waals surface area contributed by atoms with E-state index in [-0.39, 0.29) is 11.9 Å². The molecule has 2 atom stereocenters. The zero-order valence-electron chi connectivity index (χ0n) is 15.4. The van der Waals surface area contributed by atoms with E-state index in [9.17, 15) is 14.4 Å². The molecule has 1 rings (SSSR count). The monoisotopic (exact) mass is 342 g/mol. The molecule has 0 radical (unpaired) electrons. The molecule has 0 unspecified atom stereocenters. The van der Waals surface area contributed by atoms with Crippen molar-refractivity contribution >= 4 is 18.0 Å². The van der Waals surface area contributed by atoms with Gasteiger partial charge in [0, 0.05) is 6.54 Å². The Morgan fingerprint density at radius 1 is 1.29 bits per heavy atom. The minimum Gasteiger partial charge on any atom is -0.464 e. The van der Waals surface area contributed by atoms with Crippen molar-refractivity contribution in [2.75, 3.05) is 13.2 Å². The lowest BCUT2D eigenvalue weighted by Crippen LogP contribution is -2.51. The third-order valence-electron chi connectivity index (χ3n) is 3.65. The fourth-order valence-corrected chi connectivity index (χ4v) is 2.48. The van der Waals surface area contributed by atoms with E-state index in [0.717, 1.165) is 19.3 Å². The van der Waals surface area contributed by atoms with Crippen LogP contribution in [0.15, 0.2) is 0 Å². The number of ether oxygens (including phenoxy) is 2. The summed E-state index contributed by atoms with van der Waals surface area (Å²) in [7, 11) is 0. The van der Waals surface area contributed by atoms with Gasteiger partial charge in [-0.2, -0.15) is 0 Å². The molecular formula is C17H30N2O5. The van der Waals surface area contributed by atoms with Crippen molar-refractivity contribution in [1.82, 2.24) is 10.2 Å². The number of likely N-dealkylation sites (tertiary alicyclic amines) is 1. The fraction of sp³-hybridized carbons (Fsp3) is 0.824. The highest BCUT2D eigenvalue weighted by molar-refractivity contribution is 5.90. The van der Waals surface area contributed by atoms with Crippen molar-refractivity contribution in [3.63, 3.8) is 0 Å². The number of unbranched alkanes of at least 4 members (excludes halogenated alkanes) is 1. The number of alkyl carbamates (subject to hydrolysis) is 1. The summed E-state index contributed by atoms with van der Waals surface area (Å²) in [6.45, 7) is 9.73. The highest BCUT2D eigenvalue weighted by atomic mass is 16.6. The maximum absolute atomic E-state index is 12.5. The van der Waals surface area contributed by atoms with Gasteiger partial charge >= 0.3 is 12.1 Å². The Kier molecular flexibility index (Phi) is 7.51. The second-order valence-corrected chi connectivity index (χ2v) is 7.08. The number of amides is 2. The van der Waals surface area contributed by atoms with Gasteiger partial charge < -0.3 is 19.7 Å². The second-order valence-electron chi connectivity index (χ2n) is 7.08. The van der Waals surface area contributed by atoms with Gasteiger partial charge in [0.2, 0.25) is 5.91 Å². The van der Waals surface area contributed by atoms with Crippen molar-refractivity contribution in [3.05, 3.63) is 0 Å². The summed E-state index contributed by atoms with van der Waals surface area (Å²) >= 11 is 0. The lowest BCUT2D eigenvalue weighted by molar-refractivity contribution is -0.153. The van der Waals surface area contributed by atoms with Crippen LogP contribution in [-0.2, 0) is 19.1 Å². The van der Waals surface area contributed by atoms with Crippen LogP contribution in [0.4, 0.5) is 4.79 Å². The number of carbonyl (C=O) groups is 3. The zero-order chi connectivity index (χ0) is 18.3. The van der Waals surface area contributed by atoms with Crippen LogP contribution in [0.1, 0.15) is 60.3 Å². The van der Waals surface area contributed by atoms with Crippen LogP contribution >= 0.6 is 0 Å². The number of hydrogen-bond acceptors (Lipinski definition) is 5. The minimum atomic E-state index is -0.760. The van der Waals surface area contributed by atoms with E-state index in [0.29, 0.717) is 19.6 Å². The van der Waals surface area contributed by atoms with Crippen LogP contribution in [0.3, 0.4) is 0 Å². The molecule has 1 aliphatic heterocycles. The van der Waals surface area contributed by atoms with Gasteiger partial charge in [-0.05, 0) is 47.0 Å². The number of carbonyl (C=O) groups excluding carboxylic acids is 3. The lowest BCUT2D eigenvalue weighted by Gasteiger charge is -2.27. The SMILES string of the molecule is CCCCOC(=O)[C@@H]1CCCN1C(=O)[C@@H](C)NC(=O)OC(C)(C)C. The van der Waals surface area contributed by atoms with E-state index >= 15 is 0 Å². The summed E-state index contributed by atoms with van der Waals surface area (Å²) < 4.78 is 10.4. The molecule has 1 saturated heterocycles. The molecule has 1 fully saturated rings. The molecule has 24 heavy (non-hydrogen) atoms. The summed E-state index contributed by atoms with van der Waals surface area (Å²) in [5.41, 5.74) is -0.633. The molecule has 0 aromatic heterocycles. The van der Waals surface area contributed by atoms with Crippen molar-refractivity contribution in [1.29, 1.82) is 0 Å². The molecule has 0 saturated carbocycles. The summed E-state index contributed by atoms with van der Waals surface area (Å²) in [5, 5.41) is 2.52. The normalized spacial score (nSPS) is 18.9. The quantitative estimate of drug-likeness (QED) is 0.591. The van der Waals surface area contributed by atoms with Crippen LogP contribution in [0.2, 0.25) is 0 Å². The first-order chi connectivity index (χ1) is 11.2. The van der Waals surface area contributed by atoms with Gasteiger partial charge in [-0.25, -0.2) is 9.59 Å². The van der Waals surface area contributed by atoms with Crippen LogP contribution in [0.25, 0.3) is 0 Å². The lowest BCUT2D eigenvalue weighted by atomic mass is 10.2. The summed E-state index contributed by atoms with van der Waals surface area (Å²) in [6, 6.07) is -1.32. The third kappa shape index (κ3) is 6.37. The summed E-state index contributed by atoms with van der Waals surface area (Å²) in [4.78, 5) is 38.0. The minimum absolute atomic E-state index is 0.296. The predicted octanol–water partition coefficient (Wildman–Crippen LogP) is 2.23. The van der Waals surface area contributed by atoms with Gasteiger partial charge in [0.05, 0.1) is 6.61 Å².